The van der Waals surface area contributed by atoms with Crippen LogP contribution in [0.25, 0.3) is 10.9 Å². The van der Waals surface area contributed by atoms with Crippen LogP contribution in [-0.4, -0.2) is 15.9 Å². The molecule has 0 spiro atoms. The van der Waals surface area contributed by atoms with Crippen LogP contribution in [0.5, 0.6) is 0 Å². The fourth-order valence-corrected chi connectivity index (χ4v) is 5.07. The van der Waals surface area contributed by atoms with Gasteiger partial charge in [0.1, 0.15) is 5.69 Å². The van der Waals surface area contributed by atoms with Gasteiger partial charge in [-0.2, -0.15) is 0 Å². The Hall–Kier alpha value is -2.80. The topological polar surface area (TPSA) is 88.8 Å². The standard InChI is InChI=1S/C23H22ClF2N3O2/c1-2-11-3-4-12(13-5-6-15(25)21(26)20(13)24)14(9-11)17-10-18(30)19-16(29-17)7-8-28-22(19)23(27)31/h5-8,10-12,14H,2-4,9H2,1H3,(H2,27,31)(H,29,30). The Balaban J connectivity index is 1.86. The van der Waals surface area contributed by atoms with Crippen molar-refractivity contribution in [2.75, 3.05) is 0 Å². The number of primary amides is 1. The van der Waals surface area contributed by atoms with E-state index in [0.717, 1.165) is 31.7 Å². The van der Waals surface area contributed by atoms with E-state index in [1.807, 2.05) is 0 Å². The molecule has 1 amide bonds. The molecule has 3 aromatic rings. The van der Waals surface area contributed by atoms with Crippen molar-refractivity contribution in [1.82, 2.24) is 9.97 Å². The molecule has 1 aliphatic rings. The monoisotopic (exact) mass is 445 g/mol. The molecule has 5 nitrogen and oxygen atoms in total. The lowest BCUT2D eigenvalue weighted by atomic mass is 9.69. The number of nitrogens with two attached hydrogens (primary N) is 1. The van der Waals surface area contributed by atoms with Gasteiger partial charge in [0.05, 0.1) is 15.9 Å². The number of carbonyl (C=O) groups is 1. The predicted molar refractivity (Wildman–Crippen MR) is 115 cm³/mol. The summed E-state index contributed by atoms with van der Waals surface area (Å²) in [7, 11) is 0. The molecule has 3 unspecified atom stereocenters. The lowest BCUT2D eigenvalue weighted by molar-refractivity contribution is 0.0997. The highest BCUT2D eigenvalue weighted by Gasteiger charge is 2.35. The Bertz CT molecular complexity index is 1230. The highest BCUT2D eigenvalue weighted by atomic mass is 35.5. The number of pyridine rings is 2. The third-order valence-corrected chi connectivity index (χ3v) is 6.78. The first kappa shape index (κ1) is 21.4. The van der Waals surface area contributed by atoms with E-state index in [4.69, 9.17) is 17.3 Å². The van der Waals surface area contributed by atoms with Gasteiger partial charge in [0, 0.05) is 23.9 Å². The normalized spacial score (nSPS) is 21.4. The van der Waals surface area contributed by atoms with Crippen LogP contribution in [0.3, 0.4) is 0 Å². The molecular formula is C23H22ClF2N3O2. The number of hydrogen-bond acceptors (Lipinski definition) is 3. The van der Waals surface area contributed by atoms with Gasteiger partial charge in [-0.25, -0.2) is 8.78 Å². The lowest BCUT2D eigenvalue weighted by Crippen LogP contribution is -2.25. The SMILES string of the molecule is CCC1CCC(c2ccc(F)c(F)c2Cl)C(c2cc(=O)c3c(C(N)=O)nccc3[nH]2)C1. The van der Waals surface area contributed by atoms with Gasteiger partial charge in [0.2, 0.25) is 0 Å². The number of halogens is 3. The highest BCUT2D eigenvalue weighted by Crippen LogP contribution is 2.48. The Labute approximate surface area is 182 Å². The molecule has 2 aromatic heterocycles. The number of H-pyrrole nitrogens is 1. The minimum Gasteiger partial charge on any atom is -0.364 e. The van der Waals surface area contributed by atoms with Gasteiger partial charge in [-0.05, 0) is 48.8 Å². The van der Waals surface area contributed by atoms with Crippen molar-refractivity contribution in [3.63, 3.8) is 0 Å². The number of amides is 1. The minimum atomic E-state index is -1.06. The largest absolute Gasteiger partial charge is 0.364 e. The fraction of sp³-hybridized carbons (Fsp3) is 0.348. The van der Waals surface area contributed by atoms with Crippen LogP contribution in [0.4, 0.5) is 8.78 Å². The number of carbonyl (C=O) groups excluding carboxylic acids is 1. The van der Waals surface area contributed by atoms with Crippen LogP contribution in [0, 0.1) is 17.6 Å². The van der Waals surface area contributed by atoms with E-state index >= 15 is 0 Å². The molecular weight excluding hydrogens is 424 g/mol. The van der Waals surface area contributed by atoms with Crippen molar-refractivity contribution in [3.8, 4) is 0 Å². The molecule has 1 aromatic carbocycles. The van der Waals surface area contributed by atoms with E-state index < -0.39 is 17.5 Å². The molecule has 0 bridgehead atoms. The molecule has 1 saturated carbocycles. The Morgan fingerprint density at radius 2 is 2.03 bits per heavy atom. The van der Waals surface area contributed by atoms with Gasteiger partial charge in [-0.1, -0.05) is 31.0 Å². The maximum absolute atomic E-state index is 14.2. The number of nitrogens with zero attached hydrogens (tertiary/aromatic N) is 1. The van der Waals surface area contributed by atoms with Crippen LogP contribution in [0.1, 0.15) is 66.2 Å². The number of aromatic nitrogens is 2. The maximum atomic E-state index is 14.2. The van der Waals surface area contributed by atoms with E-state index in [2.05, 4.69) is 16.9 Å². The molecule has 0 saturated heterocycles. The first-order valence-corrected chi connectivity index (χ1v) is 10.6. The highest BCUT2D eigenvalue weighted by molar-refractivity contribution is 6.31. The van der Waals surface area contributed by atoms with Crippen molar-refractivity contribution in [3.05, 3.63) is 74.3 Å². The van der Waals surface area contributed by atoms with Gasteiger partial charge < -0.3 is 10.7 Å². The third kappa shape index (κ3) is 3.82. The smallest absolute Gasteiger partial charge is 0.268 e. The van der Waals surface area contributed by atoms with E-state index in [1.54, 1.807) is 6.07 Å². The molecule has 0 aliphatic heterocycles. The molecule has 8 heteroatoms. The first-order chi connectivity index (χ1) is 14.8. The average molecular weight is 446 g/mol. The maximum Gasteiger partial charge on any atom is 0.268 e. The van der Waals surface area contributed by atoms with Gasteiger partial charge in [0.25, 0.3) is 5.91 Å². The zero-order chi connectivity index (χ0) is 22.3. The molecule has 4 rings (SSSR count). The molecule has 1 aliphatic carbocycles. The first-order valence-electron chi connectivity index (χ1n) is 10.3. The average Bonchev–Trinajstić information content (AvgIpc) is 2.76. The second kappa shape index (κ2) is 8.38. The molecule has 162 valence electrons. The zero-order valence-corrected chi connectivity index (χ0v) is 17.7. The molecule has 0 radical (unpaired) electrons. The predicted octanol–water partition coefficient (Wildman–Crippen LogP) is 5.03. The number of hydrogen-bond donors (Lipinski definition) is 2. The van der Waals surface area contributed by atoms with E-state index in [9.17, 15) is 18.4 Å². The number of aromatic amines is 1. The quantitative estimate of drug-likeness (QED) is 0.552. The summed E-state index contributed by atoms with van der Waals surface area (Å²) in [4.78, 5) is 31.8. The van der Waals surface area contributed by atoms with Crippen LogP contribution < -0.4 is 11.2 Å². The molecule has 1 fully saturated rings. The van der Waals surface area contributed by atoms with Crippen molar-refractivity contribution in [2.24, 2.45) is 11.7 Å². The Morgan fingerprint density at radius 1 is 1.26 bits per heavy atom. The second-order valence-electron chi connectivity index (χ2n) is 8.10. The second-order valence-corrected chi connectivity index (χ2v) is 8.48. The van der Waals surface area contributed by atoms with Gasteiger partial charge >= 0.3 is 0 Å². The van der Waals surface area contributed by atoms with Gasteiger partial charge in [0.15, 0.2) is 17.1 Å². The number of rotatable bonds is 4. The van der Waals surface area contributed by atoms with Crippen LogP contribution in [-0.2, 0) is 0 Å². The summed E-state index contributed by atoms with van der Waals surface area (Å²) in [6, 6.07) is 5.69. The van der Waals surface area contributed by atoms with Crippen molar-refractivity contribution in [2.45, 2.75) is 44.4 Å². The molecule has 31 heavy (non-hydrogen) atoms. The zero-order valence-electron chi connectivity index (χ0n) is 16.9. The molecule has 3 atom stereocenters. The number of nitrogens with one attached hydrogen (secondary N) is 1. The van der Waals surface area contributed by atoms with Gasteiger partial charge in [-0.3, -0.25) is 14.6 Å². The van der Waals surface area contributed by atoms with E-state index in [1.165, 1.54) is 18.3 Å². The summed E-state index contributed by atoms with van der Waals surface area (Å²) in [6.45, 7) is 2.11. The van der Waals surface area contributed by atoms with Crippen molar-refractivity contribution < 1.29 is 13.6 Å². The number of fused-ring (bicyclic) bond motifs is 1. The fourth-order valence-electron chi connectivity index (χ4n) is 4.78. The summed E-state index contributed by atoms with van der Waals surface area (Å²) >= 11 is 6.19. The Kier molecular flexibility index (Phi) is 5.79. The van der Waals surface area contributed by atoms with Crippen LogP contribution in [0.15, 0.2) is 35.3 Å². The van der Waals surface area contributed by atoms with E-state index in [0.29, 0.717) is 22.7 Å². The third-order valence-electron chi connectivity index (χ3n) is 6.40. The summed E-state index contributed by atoms with van der Waals surface area (Å²) in [5.41, 5.74) is 6.59. The van der Waals surface area contributed by atoms with Crippen LogP contribution in [0.2, 0.25) is 5.02 Å². The summed E-state index contributed by atoms with van der Waals surface area (Å²) in [5.74, 6) is -2.72. The van der Waals surface area contributed by atoms with Crippen molar-refractivity contribution >= 4 is 28.4 Å². The summed E-state index contributed by atoms with van der Waals surface area (Å²) in [5, 5.41) is -0.0719. The van der Waals surface area contributed by atoms with Crippen molar-refractivity contribution in [1.29, 1.82) is 0 Å². The minimum absolute atomic E-state index is 0.0828. The Morgan fingerprint density at radius 3 is 2.74 bits per heavy atom. The molecule has 3 N–H and O–H groups in total. The van der Waals surface area contributed by atoms with E-state index in [-0.39, 0.29) is 33.4 Å². The molecule has 2 heterocycles. The summed E-state index contributed by atoms with van der Waals surface area (Å²) < 4.78 is 27.8. The lowest BCUT2D eigenvalue weighted by Gasteiger charge is -2.37. The van der Waals surface area contributed by atoms with Crippen LogP contribution >= 0.6 is 11.6 Å². The van der Waals surface area contributed by atoms with Gasteiger partial charge in [-0.15, -0.1) is 0 Å². The number of benzene rings is 1. The summed E-state index contributed by atoms with van der Waals surface area (Å²) in [6.07, 6.45) is 4.83.